The Kier molecular flexibility index (Phi) is 12.2. The number of alkyl carbamates (subject to hydrolysis) is 1. The first-order valence-corrected chi connectivity index (χ1v) is 21.0. The standard InChI is InChI=1S/C48H52N8O4/c1-4-54(5-2)43(37-16-10-7-11-17-37)47(58)56-29-13-19-41(56)45-50-31-39(52-45)35-26-22-33(23-27-35)32-20-24-34(25-21-32)38-30-49-44(51-38)40-18-12-28-55(40)46(57)42(53-48(59)60-3)36-14-8-6-9-15-36/h6-11,14-17,20-27,30-31,40-43H,4-5,12-13,18-19,28-29H2,1-3H3,(H,49,51)(H,50,52)(H,53,59)/t40-,41-,42+,43+/m0/s1. The minimum atomic E-state index is -0.872. The number of aromatic amines is 2. The number of rotatable bonds is 13. The number of benzene rings is 4. The van der Waals surface area contributed by atoms with Crippen molar-refractivity contribution in [1.29, 1.82) is 0 Å². The van der Waals surface area contributed by atoms with Crippen LogP contribution >= 0.6 is 0 Å². The average Bonchev–Trinajstić information content (AvgIpc) is 4.15. The Morgan fingerprint density at radius 3 is 1.58 bits per heavy atom. The van der Waals surface area contributed by atoms with E-state index >= 15 is 0 Å². The lowest BCUT2D eigenvalue weighted by Crippen LogP contribution is -2.43. The van der Waals surface area contributed by atoms with Gasteiger partial charge in [0.25, 0.3) is 5.91 Å². The Bertz CT molecular complexity index is 2370. The third-order valence-corrected chi connectivity index (χ3v) is 12.0. The highest BCUT2D eigenvalue weighted by Gasteiger charge is 2.39. The molecule has 308 valence electrons. The van der Waals surface area contributed by atoms with E-state index in [1.807, 2.05) is 65.8 Å². The second-order valence-corrected chi connectivity index (χ2v) is 15.4. The highest BCUT2D eigenvalue weighted by Crippen LogP contribution is 2.37. The zero-order chi connectivity index (χ0) is 41.6. The van der Waals surface area contributed by atoms with Gasteiger partial charge in [-0.2, -0.15) is 0 Å². The number of ether oxygens (including phenoxy) is 1. The van der Waals surface area contributed by atoms with Crippen molar-refractivity contribution in [2.75, 3.05) is 33.3 Å². The predicted octanol–water partition coefficient (Wildman–Crippen LogP) is 8.64. The quantitative estimate of drug-likeness (QED) is 0.106. The van der Waals surface area contributed by atoms with Crippen LogP contribution in [-0.4, -0.2) is 85.8 Å². The van der Waals surface area contributed by atoms with E-state index in [-0.39, 0.29) is 29.9 Å². The first kappa shape index (κ1) is 40.3. The number of hydrogen-bond acceptors (Lipinski definition) is 7. The second kappa shape index (κ2) is 18.2. The molecule has 2 aromatic heterocycles. The van der Waals surface area contributed by atoms with Crippen LogP contribution in [-0.2, 0) is 14.3 Å². The van der Waals surface area contributed by atoms with Gasteiger partial charge in [0.1, 0.15) is 23.7 Å². The maximum atomic E-state index is 14.2. The van der Waals surface area contributed by atoms with Gasteiger partial charge in [-0.25, -0.2) is 14.8 Å². The lowest BCUT2D eigenvalue weighted by Gasteiger charge is -2.34. The molecule has 4 heterocycles. The Hall–Kier alpha value is -6.53. The van der Waals surface area contributed by atoms with Crippen LogP contribution in [0.5, 0.6) is 0 Å². The van der Waals surface area contributed by atoms with Gasteiger partial charge in [-0.3, -0.25) is 14.5 Å². The summed E-state index contributed by atoms with van der Waals surface area (Å²) >= 11 is 0. The van der Waals surface area contributed by atoms with E-state index in [4.69, 9.17) is 14.7 Å². The maximum Gasteiger partial charge on any atom is 0.407 e. The van der Waals surface area contributed by atoms with Crippen molar-refractivity contribution in [3.8, 4) is 33.6 Å². The van der Waals surface area contributed by atoms with Gasteiger partial charge in [0.15, 0.2) is 0 Å². The number of carbonyl (C=O) groups excluding carboxylic acids is 3. The number of hydrogen-bond donors (Lipinski definition) is 3. The summed E-state index contributed by atoms with van der Waals surface area (Å²) in [7, 11) is 1.29. The number of H-pyrrole nitrogens is 2. The number of likely N-dealkylation sites (tertiary alicyclic amines) is 2. The van der Waals surface area contributed by atoms with Gasteiger partial charge in [0, 0.05) is 13.1 Å². The molecule has 0 bridgehead atoms. The number of carbonyl (C=O) groups is 3. The fourth-order valence-electron chi connectivity index (χ4n) is 8.79. The van der Waals surface area contributed by atoms with Crippen molar-refractivity contribution < 1.29 is 19.1 Å². The smallest absolute Gasteiger partial charge is 0.407 e. The molecule has 12 nitrogen and oxygen atoms in total. The van der Waals surface area contributed by atoms with E-state index in [0.717, 1.165) is 83.8 Å². The molecule has 0 radical (unpaired) electrons. The molecule has 4 aromatic carbocycles. The average molecular weight is 805 g/mol. The van der Waals surface area contributed by atoms with E-state index < -0.39 is 12.1 Å². The third kappa shape index (κ3) is 8.33. The van der Waals surface area contributed by atoms with Crippen molar-refractivity contribution in [1.82, 2.24) is 40.0 Å². The van der Waals surface area contributed by atoms with Gasteiger partial charge in [-0.05, 0) is 72.2 Å². The molecular weight excluding hydrogens is 753 g/mol. The van der Waals surface area contributed by atoms with Gasteiger partial charge < -0.3 is 29.8 Å². The molecule has 0 unspecified atom stereocenters. The van der Waals surface area contributed by atoms with E-state index in [9.17, 15) is 14.4 Å². The number of aromatic nitrogens is 4. The van der Waals surface area contributed by atoms with Crippen LogP contribution in [0.3, 0.4) is 0 Å². The molecular formula is C48H52N8O4. The van der Waals surface area contributed by atoms with Crippen molar-refractivity contribution in [2.45, 2.75) is 63.7 Å². The maximum absolute atomic E-state index is 14.2. The SMILES string of the molecule is CCN(CC)[C@@H](C(=O)N1CCC[C@H]1c1ncc(-c2ccc(-c3ccc(-c4cnc([C@@H]5CCCN5C(=O)[C@H](NC(=O)OC)c5ccccc5)[nH]4)cc3)cc2)[nH]1)c1ccccc1. The molecule has 4 atom stereocenters. The van der Waals surface area contributed by atoms with Crippen LogP contribution in [0.1, 0.15) is 86.5 Å². The van der Waals surface area contributed by atoms with Gasteiger partial charge in [-0.1, -0.05) is 123 Å². The number of methoxy groups -OCH3 is 1. The van der Waals surface area contributed by atoms with Gasteiger partial charge in [-0.15, -0.1) is 0 Å². The van der Waals surface area contributed by atoms with Crippen LogP contribution in [0.15, 0.2) is 122 Å². The van der Waals surface area contributed by atoms with E-state index in [1.165, 1.54) is 7.11 Å². The van der Waals surface area contributed by atoms with Crippen molar-refractivity contribution in [3.05, 3.63) is 144 Å². The van der Waals surface area contributed by atoms with Crippen molar-refractivity contribution in [3.63, 3.8) is 0 Å². The summed E-state index contributed by atoms with van der Waals surface area (Å²) in [6.45, 7) is 7.08. The van der Waals surface area contributed by atoms with Crippen LogP contribution in [0.2, 0.25) is 0 Å². The largest absolute Gasteiger partial charge is 0.453 e. The molecule has 2 aliphatic rings. The first-order valence-electron chi connectivity index (χ1n) is 21.0. The molecule has 60 heavy (non-hydrogen) atoms. The fourth-order valence-corrected chi connectivity index (χ4v) is 8.79. The molecule has 3 N–H and O–H groups in total. The van der Waals surface area contributed by atoms with Gasteiger partial charge >= 0.3 is 6.09 Å². The summed E-state index contributed by atoms with van der Waals surface area (Å²) < 4.78 is 4.84. The zero-order valence-corrected chi connectivity index (χ0v) is 34.4. The van der Waals surface area contributed by atoms with E-state index in [1.54, 1.807) is 4.90 Å². The number of imidazole rings is 2. The van der Waals surface area contributed by atoms with E-state index in [2.05, 4.69) is 94.7 Å². The molecule has 2 saturated heterocycles. The molecule has 0 saturated carbocycles. The molecule has 12 heteroatoms. The van der Waals surface area contributed by atoms with Crippen LogP contribution in [0, 0.1) is 0 Å². The molecule has 0 aliphatic carbocycles. The van der Waals surface area contributed by atoms with Crippen LogP contribution in [0.4, 0.5) is 4.79 Å². The molecule has 2 aliphatic heterocycles. The summed E-state index contributed by atoms with van der Waals surface area (Å²) in [5.41, 5.74) is 7.66. The van der Waals surface area contributed by atoms with E-state index in [0.29, 0.717) is 24.5 Å². The van der Waals surface area contributed by atoms with Crippen LogP contribution in [0.25, 0.3) is 33.6 Å². The highest BCUT2D eigenvalue weighted by atomic mass is 16.5. The number of nitrogens with one attached hydrogen (secondary N) is 3. The lowest BCUT2D eigenvalue weighted by molar-refractivity contribution is -0.138. The topological polar surface area (TPSA) is 140 Å². The summed E-state index contributed by atoms with van der Waals surface area (Å²) in [5, 5.41) is 2.72. The molecule has 8 rings (SSSR count). The Morgan fingerprint density at radius 2 is 1.12 bits per heavy atom. The molecule has 3 amide bonds. The first-order chi connectivity index (χ1) is 29.4. The summed E-state index contributed by atoms with van der Waals surface area (Å²) in [6.07, 6.45) is 6.43. The minimum Gasteiger partial charge on any atom is -0.453 e. The normalized spacial score (nSPS) is 17.5. The summed E-state index contributed by atoms with van der Waals surface area (Å²) in [6, 6.07) is 34.5. The summed E-state index contributed by atoms with van der Waals surface area (Å²) in [4.78, 5) is 63.0. The minimum absolute atomic E-state index is 0.0984. The predicted molar refractivity (Wildman–Crippen MR) is 231 cm³/mol. The van der Waals surface area contributed by atoms with Crippen molar-refractivity contribution in [2.24, 2.45) is 0 Å². The molecule has 6 aromatic rings. The fraction of sp³-hybridized carbons (Fsp3) is 0.312. The molecule has 2 fully saturated rings. The molecule has 0 spiro atoms. The lowest BCUT2D eigenvalue weighted by atomic mass is 10.0. The number of likely N-dealkylation sites (N-methyl/N-ethyl adjacent to an activating group) is 1. The van der Waals surface area contributed by atoms with Gasteiger partial charge in [0.05, 0.1) is 43.0 Å². The third-order valence-electron chi connectivity index (χ3n) is 12.0. The Labute approximate surface area is 351 Å². The number of nitrogens with zero attached hydrogens (tertiary/aromatic N) is 5. The Morgan fingerprint density at radius 1 is 0.667 bits per heavy atom. The monoisotopic (exact) mass is 804 g/mol. The Balaban J connectivity index is 0.932. The second-order valence-electron chi connectivity index (χ2n) is 15.4. The van der Waals surface area contributed by atoms with Crippen molar-refractivity contribution >= 4 is 17.9 Å². The summed E-state index contributed by atoms with van der Waals surface area (Å²) in [5.74, 6) is 1.46. The van der Waals surface area contributed by atoms with Crippen LogP contribution < -0.4 is 5.32 Å². The number of amides is 3. The van der Waals surface area contributed by atoms with Gasteiger partial charge in [0.2, 0.25) is 5.91 Å². The zero-order valence-electron chi connectivity index (χ0n) is 34.4. The highest BCUT2D eigenvalue weighted by molar-refractivity contribution is 5.87.